The summed E-state index contributed by atoms with van der Waals surface area (Å²) in [6.07, 6.45) is 4.45. The Balaban J connectivity index is 1.68. The van der Waals surface area contributed by atoms with E-state index in [1.165, 1.54) is 13.8 Å². The lowest BCUT2D eigenvalue weighted by Gasteiger charge is -2.15. The lowest BCUT2D eigenvalue weighted by Crippen LogP contribution is -2.18. The van der Waals surface area contributed by atoms with Crippen LogP contribution in [0.25, 0.3) is 0 Å². The summed E-state index contributed by atoms with van der Waals surface area (Å²) in [7, 11) is -3.67. The molecule has 30 heavy (non-hydrogen) atoms. The molecule has 0 radical (unpaired) electrons. The topological polar surface area (TPSA) is 118 Å². The number of nitrogens with zero attached hydrogens (tertiary/aromatic N) is 2. The first-order valence-electron chi connectivity index (χ1n) is 9.90. The van der Waals surface area contributed by atoms with Crippen molar-refractivity contribution < 1.29 is 18.5 Å². The number of urea groups is 1. The van der Waals surface area contributed by atoms with Gasteiger partial charge in [-0.2, -0.15) is 0 Å². The van der Waals surface area contributed by atoms with Crippen molar-refractivity contribution in [2.75, 3.05) is 5.32 Å². The Labute approximate surface area is 179 Å². The number of nitrogens with two attached hydrogens (primary N) is 1. The van der Waals surface area contributed by atoms with E-state index >= 15 is 0 Å². The van der Waals surface area contributed by atoms with Crippen LogP contribution in [0, 0.1) is 5.82 Å². The molecule has 162 valence electrons. The largest absolute Gasteiger partial charge is 0.385 e. The molecule has 0 saturated carbocycles. The maximum Gasteiger partial charge on any atom is 0.354 e. The fourth-order valence-corrected chi connectivity index (χ4v) is 6.42. The molecule has 0 saturated heterocycles. The molecule has 10 heteroatoms. The number of carbonyl (C=O) groups is 1. The molecule has 0 aliphatic heterocycles. The van der Waals surface area contributed by atoms with Gasteiger partial charge in [-0.3, -0.25) is 4.98 Å². The number of aliphatic hydroxyl groups is 1. The van der Waals surface area contributed by atoms with Crippen LogP contribution >= 0.6 is 11.3 Å². The van der Waals surface area contributed by atoms with Gasteiger partial charge in [0.2, 0.25) is 0 Å². The molecule has 2 aromatic heterocycles. The van der Waals surface area contributed by atoms with E-state index in [1.54, 1.807) is 0 Å². The molecule has 1 unspecified atom stereocenters. The third-order valence-electron chi connectivity index (χ3n) is 5.61. The highest BCUT2D eigenvalue weighted by Gasteiger charge is 2.30. The molecule has 7 nitrogen and oxygen atoms in total. The van der Waals surface area contributed by atoms with Gasteiger partial charge in [0.05, 0.1) is 16.2 Å². The van der Waals surface area contributed by atoms with E-state index in [2.05, 4.69) is 16.6 Å². The first kappa shape index (κ1) is 21.4. The molecular formula is C20H25FN4O3S2. The molecule has 4 rings (SSSR count). The predicted molar refractivity (Wildman–Crippen MR) is 115 cm³/mol. The van der Waals surface area contributed by atoms with E-state index in [9.17, 15) is 18.5 Å². The van der Waals surface area contributed by atoms with Crippen molar-refractivity contribution in [3.8, 4) is 0 Å². The van der Waals surface area contributed by atoms with E-state index in [0.717, 1.165) is 77.7 Å². The van der Waals surface area contributed by atoms with E-state index in [1.807, 2.05) is 0 Å². The van der Waals surface area contributed by atoms with Crippen molar-refractivity contribution in [2.24, 2.45) is 9.50 Å². The van der Waals surface area contributed by atoms with E-state index < -0.39 is 27.4 Å². The number of rotatable bonds is 3. The Kier molecular flexibility index (Phi) is 5.24. The average Bonchev–Trinajstić information content (AvgIpc) is 3.33. The maximum absolute atomic E-state index is 14.2. The molecule has 2 atom stereocenters. The molecule has 2 aliphatic carbocycles. The molecule has 0 aromatic carbocycles. The van der Waals surface area contributed by atoms with Gasteiger partial charge in [-0.25, -0.2) is 18.5 Å². The van der Waals surface area contributed by atoms with Crippen LogP contribution in [0.3, 0.4) is 0 Å². The van der Waals surface area contributed by atoms with Crippen LogP contribution in [-0.2, 0) is 34.8 Å². The van der Waals surface area contributed by atoms with Gasteiger partial charge in [0.25, 0.3) is 0 Å². The summed E-state index contributed by atoms with van der Waals surface area (Å²) in [5.74, 6) is -0.401. The summed E-state index contributed by atoms with van der Waals surface area (Å²) in [4.78, 5) is 17.5. The lowest BCUT2D eigenvalue weighted by atomic mass is 10.0. The van der Waals surface area contributed by atoms with Gasteiger partial charge < -0.3 is 10.4 Å². The number of aryl methyl sites for hydroxylation is 1. The van der Waals surface area contributed by atoms with Crippen LogP contribution < -0.4 is 10.5 Å². The Morgan fingerprint density at radius 1 is 1.40 bits per heavy atom. The number of anilines is 1. The highest BCUT2D eigenvalue weighted by atomic mass is 32.2. The van der Waals surface area contributed by atoms with Crippen molar-refractivity contribution >= 4 is 33.0 Å². The fraction of sp³-hybridized carbons (Fsp3) is 0.500. The minimum Gasteiger partial charge on any atom is -0.385 e. The zero-order chi connectivity index (χ0) is 21.8. The molecule has 0 spiro atoms. The van der Waals surface area contributed by atoms with Crippen molar-refractivity contribution in [3.05, 3.63) is 39.3 Å². The first-order valence-corrected chi connectivity index (χ1v) is 12.3. The number of aromatic nitrogens is 1. The minimum atomic E-state index is -3.67. The third-order valence-corrected chi connectivity index (χ3v) is 8.93. The molecular weight excluding hydrogens is 427 g/mol. The number of fused-ring (bicyclic) bond motifs is 2. The van der Waals surface area contributed by atoms with Gasteiger partial charge in [-0.05, 0) is 63.0 Å². The number of nitrogens with one attached hydrogen (secondary N) is 1. The van der Waals surface area contributed by atoms with Gasteiger partial charge in [-0.15, -0.1) is 15.7 Å². The van der Waals surface area contributed by atoms with Crippen molar-refractivity contribution in [2.45, 2.75) is 68.6 Å². The zero-order valence-corrected chi connectivity index (χ0v) is 18.8. The first-order chi connectivity index (χ1) is 14.0. The fourth-order valence-electron chi connectivity index (χ4n) is 4.16. The number of hydrogen-bond donors (Lipinski definition) is 3. The van der Waals surface area contributed by atoms with Gasteiger partial charge in [0.1, 0.15) is 10.0 Å². The van der Waals surface area contributed by atoms with E-state index in [4.69, 9.17) is 10.1 Å². The van der Waals surface area contributed by atoms with Crippen molar-refractivity contribution in [1.29, 1.82) is 0 Å². The summed E-state index contributed by atoms with van der Waals surface area (Å²) in [5.41, 5.74) is 3.30. The highest BCUT2D eigenvalue weighted by molar-refractivity contribution is 7.93. The van der Waals surface area contributed by atoms with Crippen LogP contribution in [0.5, 0.6) is 0 Å². The smallest absolute Gasteiger partial charge is 0.354 e. The van der Waals surface area contributed by atoms with Crippen molar-refractivity contribution in [3.63, 3.8) is 0 Å². The van der Waals surface area contributed by atoms with Crippen LogP contribution in [0.2, 0.25) is 0 Å². The maximum atomic E-state index is 14.2. The van der Waals surface area contributed by atoms with Gasteiger partial charge in [-0.1, -0.05) is 6.92 Å². The Morgan fingerprint density at radius 3 is 2.80 bits per heavy atom. The SMILES string of the molecule is C[C@@H]1CCc2c1nc1c(c2NC(=O)N=S(N)(=O)c2cc(F)c(C(C)(C)O)s2)CCC1. The molecule has 2 aromatic rings. The Morgan fingerprint density at radius 2 is 2.13 bits per heavy atom. The molecule has 0 fully saturated rings. The second-order valence-corrected chi connectivity index (χ2v) is 11.5. The monoisotopic (exact) mass is 452 g/mol. The van der Waals surface area contributed by atoms with Crippen LogP contribution in [0.4, 0.5) is 14.9 Å². The molecule has 2 aliphatic rings. The number of thiophene rings is 1. The van der Waals surface area contributed by atoms with Crippen LogP contribution in [-0.4, -0.2) is 20.3 Å². The normalized spacial score (nSPS) is 19.9. The number of halogens is 1. The molecule has 2 heterocycles. The summed E-state index contributed by atoms with van der Waals surface area (Å²) in [6.45, 7) is 4.95. The van der Waals surface area contributed by atoms with E-state index in [0.29, 0.717) is 5.92 Å². The number of amides is 2. The average molecular weight is 453 g/mol. The van der Waals surface area contributed by atoms with E-state index in [-0.39, 0.29) is 9.09 Å². The number of carbonyl (C=O) groups excluding carboxylic acids is 1. The van der Waals surface area contributed by atoms with Crippen molar-refractivity contribution in [1.82, 2.24) is 4.98 Å². The summed E-state index contributed by atoms with van der Waals surface area (Å²) in [5, 5.41) is 18.7. The number of pyridine rings is 1. The zero-order valence-electron chi connectivity index (χ0n) is 17.1. The summed E-state index contributed by atoms with van der Waals surface area (Å²) >= 11 is 0.753. The van der Waals surface area contributed by atoms with Gasteiger partial charge in [0, 0.05) is 17.5 Å². The summed E-state index contributed by atoms with van der Waals surface area (Å²) in [6, 6.07) is 0.142. The van der Waals surface area contributed by atoms with Gasteiger partial charge in [0.15, 0.2) is 9.92 Å². The summed E-state index contributed by atoms with van der Waals surface area (Å²) < 4.78 is 30.7. The second kappa shape index (κ2) is 7.37. The lowest BCUT2D eigenvalue weighted by molar-refractivity contribution is 0.0789. The quantitative estimate of drug-likeness (QED) is 0.653. The molecule has 0 bridgehead atoms. The molecule has 2 amide bonds. The second-order valence-electron chi connectivity index (χ2n) is 8.46. The van der Waals surface area contributed by atoms with Crippen LogP contribution in [0.1, 0.15) is 66.9 Å². The third kappa shape index (κ3) is 3.77. The number of hydrogen-bond acceptors (Lipinski definition) is 5. The highest BCUT2D eigenvalue weighted by Crippen LogP contribution is 2.41. The Hall–Kier alpha value is -1.88. The molecule has 4 N–H and O–H groups in total. The van der Waals surface area contributed by atoms with Gasteiger partial charge >= 0.3 is 6.03 Å². The Bertz CT molecular complexity index is 1160. The predicted octanol–water partition coefficient (Wildman–Crippen LogP) is 3.98. The van der Waals surface area contributed by atoms with Crippen LogP contribution in [0.15, 0.2) is 14.6 Å². The minimum absolute atomic E-state index is 0.00922. The standard InChI is InChI=1S/C20H25FN4O3S2/c1-10-7-8-12-16(10)23-14-6-4-5-11(14)17(12)24-19(26)25-30(22,28)15-9-13(21)18(29-15)20(2,3)27/h9-10,27H,4-8H2,1-3H3,(H3,22,23,24,25,26,28)/t10-,30?/m1/s1.